The first-order valence-electron chi connectivity index (χ1n) is 6.81. The minimum Gasteiger partial charge on any atom is -0.497 e. The summed E-state index contributed by atoms with van der Waals surface area (Å²) in [5.74, 6) is 0.995. The standard InChI is InChI=1S/C15H20N2O3S/c1-15(2)14(19)16-8-9-17(15)13(18)10-21-12-6-4-11(20-3)5-7-12/h4-7H,8-10H2,1-3H3,(H,16,19). The minimum absolute atomic E-state index is 0.0179. The number of thioether (sulfide) groups is 1. The van der Waals surface area contributed by atoms with Gasteiger partial charge in [0.2, 0.25) is 11.8 Å². The molecule has 114 valence electrons. The molecule has 0 bridgehead atoms. The molecule has 2 amide bonds. The second kappa shape index (κ2) is 6.39. The predicted molar refractivity (Wildman–Crippen MR) is 82.5 cm³/mol. The van der Waals surface area contributed by atoms with Gasteiger partial charge in [-0.25, -0.2) is 0 Å². The van der Waals surface area contributed by atoms with E-state index in [1.165, 1.54) is 11.8 Å². The molecule has 0 aliphatic carbocycles. The second-order valence-electron chi connectivity index (χ2n) is 5.32. The van der Waals surface area contributed by atoms with Crippen molar-refractivity contribution < 1.29 is 14.3 Å². The van der Waals surface area contributed by atoms with Crippen LogP contribution in [0.4, 0.5) is 0 Å². The van der Waals surface area contributed by atoms with E-state index < -0.39 is 5.54 Å². The Labute approximate surface area is 129 Å². The van der Waals surface area contributed by atoms with Crippen molar-refractivity contribution in [1.82, 2.24) is 10.2 Å². The summed E-state index contributed by atoms with van der Waals surface area (Å²) in [5, 5.41) is 2.79. The molecule has 1 aliphatic rings. The first-order chi connectivity index (χ1) is 9.95. The van der Waals surface area contributed by atoms with Gasteiger partial charge in [-0.3, -0.25) is 9.59 Å². The summed E-state index contributed by atoms with van der Waals surface area (Å²) in [6.07, 6.45) is 0. The maximum Gasteiger partial charge on any atom is 0.245 e. The van der Waals surface area contributed by atoms with Crippen LogP contribution in [0.2, 0.25) is 0 Å². The number of hydrogen-bond acceptors (Lipinski definition) is 4. The van der Waals surface area contributed by atoms with E-state index in [0.29, 0.717) is 18.8 Å². The fourth-order valence-corrected chi connectivity index (χ4v) is 3.01. The van der Waals surface area contributed by atoms with Crippen molar-refractivity contribution in [1.29, 1.82) is 0 Å². The molecule has 1 heterocycles. The number of piperazine rings is 1. The highest BCUT2D eigenvalue weighted by Gasteiger charge is 2.40. The smallest absolute Gasteiger partial charge is 0.245 e. The van der Waals surface area contributed by atoms with Gasteiger partial charge < -0.3 is 15.0 Å². The number of benzene rings is 1. The Morgan fingerprint density at radius 1 is 1.38 bits per heavy atom. The van der Waals surface area contributed by atoms with Crippen LogP contribution in [0.1, 0.15) is 13.8 Å². The van der Waals surface area contributed by atoms with E-state index in [0.717, 1.165) is 10.6 Å². The van der Waals surface area contributed by atoms with Crippen LogP contribution < -0.4 is 10.1 Å². The van der Waals surface area contributed by atoms with Gasteiger partial charge in [-0.15, -0.1) is 11.8 Å². The Morgan fingerprint density at radius 3 is 2.67 bits per heavy atom. The van der Waals surface area contributed by atoms with Gasteiger partial charge in [-0.2, -0.15) is 0 Å². The molecule has 0 spiro atoms. The molecule has 0 unspecified atom stereocenters. The summed E-state index contributed by atoms with van der Waals surface area (Å²) < 4.78 is 5.10. The maximum atomic E-state index is 12.4. The second-order valence-corrected chi connectivity index (χ2v) is 6.37. The molecule has 0 atom stereocenters. The van der Waals surface area contributed by atoms with E-state index in [2.05, 4.69) is 5.32 Å². The van der Waals surface area contributed by atoms with Gasteiger partial charge in [0.1, 0.15) is 11.3 Å². The summed E-state index contributed by atoms with van der Waals surface area (Å²) in [7, 11) is 1.62. The quantitative estimate of drug-likeness (QED) is 0.857. The Morgan fingerprint density at radius 2 is 2.05 bits per heavy atom. The molecule has 6 heteroatoms. The molecule has 1 aromatic carbocycles. The molecular formula is C15H20N2O3S. The molecule has 1 aromatic rings. The highest BCUT2D eigenvalue weighted by molar-refractivity contribution is 8.00. The van der Waals surface area contributed by atoms with Gasteiger partial charge in [0.05, 0.1) is 12.9 Å². The molecule has 1 saturated heterocycles. The van der Waals surface area contributed by atoms with Gasteiger partial charge in [-0.1, -0.05) is 0 Å². The van der Waals surface area contributed by atoms with E-state index in [4.69, 9.17) is 4.74 Å². The van der Waals surface area contributed by atoms with Crippen molar-refractivity contribution in [3.05, 3.63) is 24.3 Å². The summed E-state index contributed by atoms with van der Waals surface area (Å²) in [6, 6.07) is 7.58. The molecule has 1 fully saturated rings. The zero-order valence-corrected chi connectivity index (χ0v) is 13.3. The lowest BCUT2D eigenvalue weighted by Crippen LogP contribution is -2.63. The van der Waals surface area contributed by atoms with Gasteiger partial charge >= 0.3 is 0 Å². The number of carbonyl (C=O) groups is 2. The van der Waals surface area contributed by atoms with E-state index in [9.17, 15) is 9.59 Å². The lowest BCUT2D eigenvalue weighted by atomic mass is 9.99. The largest absolute Gasteiger partial charge is 0.497 e. The average molecular weight is 308 g/mol. The summed E-state index contributed by atoms with van der Waals surface area (Å²) in [6.45, 7) is 4.62. The first-order valence-corrected chi connectivity index (χ1v) is 7.79. The van der Waals surface area contributed by atoms with Crippen LogP contribution in [0.25, 0.3) is 0 Å². The van der Waals surface area contributed by atoms with Crippen molar-refractivity contribution >= 4 is 23.6 Å². The van der Waals surface area contributed by atoms with E-state index in [1.807, 2.05) is 24.3 Å². The molecule has 0 aromatic heterocycles. The van der Waals surface area contributed by atoms with Crippen LogP contribution in [0.5, 0.6) is 5.75 Å². The Bertz CT molecular complexity index is 528. The summed E-state index contributed by atoms with van der Waals surface area (Å²) in [5.41, 5.74) is -0.782. The molecule has 2 rings (SSSR count). The number of nitrogens with zero attached hydrogens (tertiary/aromatic N) is 1. The summed E-state index contributed by atoms with van der Waals surface area (Å²) >= 11 is 1.46. The van der Waals surface area contributed by atoms with Crippen molar-refractivity contribution in [3.8, 4) is 5.75 Å². The topological polar surface area (TPSA) is 58.6 Å². The number of ether oxygens (including phenoxy) is 1. The monoisotopic (exact) mass is 308 g/mol. The maximum absolute atomic E-state index is 12.4. The number of amides is 2. The van der Waals surface area contributed by atoms with Crippen LogP contribution in [-0.2, 0) is 9.59 Å². The fraction of sp³-hybridized carbons (Fsp3) is 0.467. The molecule has 0 radical (unpaired) electrons. The van der Waals surface area contributed by atoms with Gasteiger partial charge in [0, 0.05) is 18.0 Å². The SMILES string of the molecule is COc1ccc(SCC(=O)N2CCNC(=O)C2(C)C)cc1. The van der Waals surface area contributed by atoms with Crippen LogP contribution in [0.3, 0.4) is 0 Å². The average Bonchev–Trinajstić information content (AvgIpc) is 2.48. The lowest BCUT2D eigenvalue weighted by Gasteiger charge is -2.41. The van der Waals surface area contributed by atoms with Gasteiger partial charge in [0.25, 0.3) is 0 Å². The minimum atomic E-state index is -0.782. The van der Waals surface area contributed by atoms with E-state index in [-0.39, 0.29) is 11.8 Å². The molecular weight excluding hydrogens is 288 g/mol. The molecule has 1 aliphatic heterocycles. The van der Waals surface area contributed by atoms with Crippen LogP contribution in [0, 0.1) is 0 Å². The normalized spacial score (nSPS) is 17.3. The van der Waals surface area contributed by atoms with E-state index >= 15 is 0 Å². The molecule has 5 nitrogen and oxygen atoms in total. The lowest BCUT2D eigenvalue weighted by molar-refractivity contribution is -0.147. The van der Waals surface area contributed by atoms with Crippen LogP contribution >= 0.6 is 11.8 Å². The van der Waals surface area contributed by atoms with Gasteiger partial charge in [0.15, 0.2) is 0 Å². The first kappa shape index (κ1) is 15.7. The Balaban J connectivity index is 1.96. The zero-order valence-electron chi connectivity index (χ0n) is 12.5. The number of methoxy groups -OCH3 is 1. The third-order valence-corrected chi connectivity index (χ3v) is 4.57. The van der Waals surface area contributed by atoms with Crippen molar-refractivity contribution in [2.24, 2.45) is 0 Å². The van der Waals surface area contributed by atoms with Crippen molar-refractivity contribution in [3.63, 3.8) is 0 Å². The molecule has 21 heavy (non-hydrogen) atoms. The van der Waals surface area contributed by atoms with Crippen molar-refractivity contribution in [2.75, 3.05) is 26.0 Å². The van der Waals surface area contributed by atoms with Gasteiger partial charge in [-0.05, 0) is 38.1 Å². The van der Waals surface area contributed by atoms with Crippen LogP contribution in [-0.4, -0.2) is 48.2 Å². The zero-order chi connectivity index (χ0) is 15.5. The predicted octanol–water partition coefficient (Wildman–Crippen LogP) is 1.52. The summed E-state index contributed by atoms with van der Waals surface area (Å²) in [4.78, 5) is 26.9. The van der Waals surface area contributed by atoms with Crippen molar-refractivity contribution in [2.45, 2.75) is 24.3 Å². The number of carbonyl (C=O) groups excluding carboxylic acids is 2. The van der Waals surface area contributed by atoms with E-state index in [1.54, 1.807) is 25.9 Å². The third kappa shape index (κ3) is 3.50. The van der Waals surface area contributed by atoms with Crippen LogP contribution in [0.15, 0.2) is 29.2 Å². The Kier molecular flexibility index (Phi) is 4.77. The number of rotatable bonds is 4. The molecule has 0 saturated carbocycles. The Hall–Kier alpha value is -1.69. The molecule has 1 N–H and O–H groups in total. The highest BCUT2D eigenvalue weighted by Crippen LogP contribution is 2.24. The number of hydrogen-bond donors (Lipinski definition) is 1. The number of nitrogens with one attached hydrogen (secondary N) is 1. The highest BCUT2D eigenvalue weighted by atomic mass is 32.2. The third-order valence-electron chi connectivity index (χ3n) is 3.57. The fourth-order valence-electron chi connectivity index (χ4n) is 2.23.